The van der Waals surface area contributed by atoms with Gasteiger partial charge in [-0.25, -0.2) is 0 Å². The Morgan fingerprint density at radius 3 is 2.06 bits per heavy atom. The first-order valence-corrected chi connectivity index (χ1v) is 17.4. The summed E-state index contributed by atoms with van der Waals surface area (Å²) >= 11 is 35.6. The van der Waals surface area contributed by atoms with Gasteiger partial charge >= 0.3 is 124 Å². The molecular weight excluding hydrogens is 421 g/mol. The fourth-order valence-corrected chi connectivity index (χ4v) is 28.1. The monoisotopic (exact) mass is 428 g/mol. The molecule has 0 aliphatic carbocycles. The van der Waals surface area contributed by atoms with Gasteiger partial charge in [0.2, 0.25) is 0 Å². The number of nitrogens with two attached hydrogens (primary N) is 2. The number of hydrogen-bond acceptors (Lipinski definition) is 6. The molecular formula is H10Cl6N6P4. The third-order valence-electron chi connectivity index (χ3n) is 1.24. The van der Waals surface area contributed by atoms with E-state index in [9.17, 15) is 0 Å². The zero-order chi connectivity index (χ0) is 12.8. The molecule has 0 aromatic rings. The minimum atomic E-state index is -3.31. The predicted octanol–water partition coefficient (Wildman–Crippen LogP) is 4.29. The molecule has 0 spiro atoms. The molecule has 1 aliphatic rings. The van der Waals surface area contributed by atoms with Crippen molar-refractivity contribution in [2.24, 2.45) is 15.5 Å². The average Bonchev–Trinajstić information content (AvgIpc) is 1.67. The van der Waals surface area contributed by atoms with E-state index in [1.165, 1.54) is 0 Å². The van der Waals surface area contributed by atoms with Crippen LogP contribution in [0.25, 0.3) is 0 Å². The number of hydrogen-bond donors (Lipinski definition) is 5. The Morgan fingerprint density at radius 2 is 1.56 bits per heavy atom. The van der Waals surface area contributed by atoms with Gasteiger partial charge < -0.3 is 0 Å². The molecule has 16 heteroatoms. The van der Waals surface area contributed by atoms with Gasteiger partial charge in [-0.2, -0.15) is 0 Å². The predicted molar refractivity (Wildman–Crippen MR) is 87.2 cm³/mol. The van der Waals surface area contributed by atoms with Gasteiger partial charge in [0.25, 0.3) is 0 Å². The summed E-state index contributed by atoms with van der Waals surface area (Å²) < 4.78 is 3.89. The first-order chi connectivity index (χ1) is 6.83. The van der Waals surface area contributed by atoms with Crippen molar-refractivity contribution in [1.82, 2.24) is 14.6 Å². The summed E-state index contributed by atoms with van der Waals surface area (Å²) in [7, 11) is -3.19. The standard InChI is InChI=1S/Cl6H10N6P4/c1-13(2)9-15(5,7)11-14(3,4)12-16(6,8)10-13/h9-11,13-15H,7-8H2. The second-order valence-corrected chi connectivity index (χ2v) is 22.6. The molecule has 0 bridgehead atoms. The summed E-state index contributed by atoms with van der Waals surface area (Å²) in [4.78, 5) is 7.84. The fourth-order valence-electron chi connectivity index (χ4n) is 0.936. The van der Waals surface area contributed by atoms with Crippen molar-refractivity contribution >= 4 is 93.8 Å². The van der Waals surface area contributed by atoms with Crippen LogP contribution in [0.15, 0.2) is 4.52 Å². The number of nitrogens with zero attached hydrogens (tertiary/aromatic N) is 1. The third kappa shape index (κ3) is 6.01. The molecule has 0 aromatic heterocycles. The zero-order valence-electron chi connectivity index (χ0n) is 7.32. The van der Waals surface area contributed by atoms with E-state index in [2.05, 4.69) is 19.1 Å². The summed E-state index contributed by atoms with van der Waals surface area (Å²) in [5, 5.41) is 0. The Hall–Kier alpha value is 3.06. The number of rotatable bonds is 0. The number of nitrogens with one attached hydrogen (secondary N) is 3. The molecule has 16 heavy (non-hydrogen) atoms. The van der Waals surface area contributed by atoms with Gasteiger partial charge in [-0.3, -0.25) is 0 Å². The molecule has 0 saturated heterocycles. The fraction of sp³-hybridized carbons (Fsp3) is 0. The Balaban J connectivity index is 3.17. The van der Waals surface area contributed by atoms with Crippen molar-refractivity contribution < 1.29 is 0 Å². The van der Waals surface area contributed by atoms with E-state index in [1.807, 2.05) is 0 Å². The summed E-state index contributed by atoms with van der Waals surface area (Å²) in [5.74, 6) is 0. The second-order valence-electron chi connectivity index (χ2n) is 2.89. The molecule has 0 radical (unpaired) electrons. The number of halogens is 6. The zero-order valence-corrected chi connectivity index (χ0v) is 15.7. The summed E-state index contributed by atoms with van der Waals surface area (Å²) in [6, 6.07) is 0. The van der Waals surface area contributed by atoms with Crippen molar-refractivity contribution in [2.45, 2.75) is 0 Å². The maximum absolute atomic E-state index is 5.97. The van der Waals surface area contributed by atoms with Gasteiger partial charge in [-0.1, -0.05) is 0 Å². The average molecular weight is 431 g/mol. The second kappa shape index (κ2) is 5.45. The maximum atomic E-state index is 5.97. The van der Waals surface area contributed by atoms with E-state index in [0.29, 0.717) is 0 Å². The van der Waals surface area contributed by atoms with Crippen LogP contribution < -0.4 is 25.6 Å². The van der Waals surface area contributed by atoms with Crippen LogP contribution in [-0.4, -0.2) is 0 Å². The summed E-state index contributed by atoms with van der Waals surface area (Å²) in [6.45, 7) is -2.98. The minimum absolute atomic E-state index is 2.59. The van der Waals surface area contributed by atoms with Crippen LogP contribution in [0.3, 0.4) is 0 Å². The van der Waals surface area contributed by atoms with Crippen molar-refractivity contribution in [2.75, 3.05) is 0 Å². The van der Waals surface area contributed by atoms with Gasteiger partial charge in [0.05, 0.1) is 0 Å². The van der Waals surface area contributed by atoms with Gasteiger partial charge in [0, 0.05) is 0 Å². The molecule has 0 aromatic carbocycles. The van der Waals surface area contributed by atoms with Gasteiger partial charge in [0.15, 0.2) is 0 Å². The van der Waals surface area contributed by atoms with Crippen molar-refractivity contribution in [1.29, 1.82) is 0 Å². The first kappa shape index (κ1) is 17.1. The Kier molecular flexibility index (Phi) is 5.83. The van der Waals surface area contributed by atoms with E-state index >= 15 is 0 Å². The topological polar surface area (TPSA) is 100 Å². The van der Waals surface area contributed by atoms with Crippen molar-refractivity contribution in [3.05, 3.63) is 0 Å². The van der Waals surface area contributed by atoms with Crippen LogP contribution in [0.4, 0.5) is 0 Å². The third-order valence-corrected chi connectivity index (χ3v) is 20.6. The molecule has 0 amide bonds. The Morgan fingerprint density at radius 1 is 1.06 bits per heavy atom. The van der Waals surface area contributed by atoms with E-state index in [-0.39, 0.29) is 0 Å². The van der Waals surface area contributed by atoms with Gasteiger partial charge in [0.1, 0.15) is 0 Å². The Labute approximate surface area is 123 Å². The van der Waals surface area contributed by atoms with Gasteiger partial charge in [-0.15, -0.1) is 0 Å². The quantitative estimate of drug-likeness (QED) is 0.369. The van der Waals surface area contributed by atoms with E-state index in [0.717, 1.165) is 0 Å². The van der Waals surface area contributed by atoms with Crippen LogP contribution in [0.5, 0.6) is 0 Å². The Bertz CT molecular complexity index is 332. The van der Waals surface area contributed by atoms with Gasteiger partial charge in [-0.05, 0) is 0 Å². The molecule has 1 heterocycles. The van der Waals surface area contributed by atoms with E-state index < -0.39 is 26.3 Å². The van der Waals surface area contributed by atoms with Crippen LogP contribution in [0.2, 0.25) is 0 Å². The first-order valence-electron chi connectivity index (χ1n) is 3.56. The van der Waals surface area contributed by atoms with E-state index in [4.69, 9.17) is 78.5 Å². The summed E-state index contributed by atoms with van der Waals surface area (Å²) in [5.41, 5.74) is 11.4. The van der Waals surface area contributed by atoms with Crippen molar-refractivity contribution in [3.63, 3.8) is 0 Å². The molecule has 1 atom stereocenters. The molecule has 1 rings (SSSR count). The van der Waals surface area contributed by atoms with E-state index in [1.54, 1.807) is 0 Å². The SMILES string of the molecule is NP1(Cl)=N[PH](Cl)(Cl)N[PH](N)(Cl)N[PH](Cl)(Cl)N1. The van der Waals surface area contributed by atoms with Crippen LogP contribution in [0.1, 0.15) is 0 Å². The molecule has 1 aliphatic heterocycles. The molecule has 0 saturated carbocycles. The molecule has 7 N–H and O–H groups in total. The molecule has 6 nitrogen and oxygen atoms in total. The van der Waals surface area contributed by atoms with Crippen LogP contribution in [0, 0.1) is 0 Å². The van der Waals surface area contributed by atoms with Crippen LogP contribution in [-0.2, 0) is 0 Å². The molecule has 102 valence electrons. The molecule has 0 fully saturated rings. The molecule has 1 unspecified atom stereocenters. The van der Waals surface area contributed by atoms with Crippen molar-refractivity contribution in [3.8, 4) is 0 Å². The van der Waals surface area contributed by atoms with Crippen LogP contribution >= 0.6 is 93.8 Å². The normalized spacial score (nSPS) is 43.0. The summed E-state index contributed by atoms with van der Waals surface area (Å²) in [6.07, 6.45) is -6.53.